The van der Waals surface area contributed by atoms with Crippen molar-refractivity contribution in [2.24, 2.45) is 0 Å². The second kappa shape index (κ2) is 10.2. The maximum absolute atomic E-state index is 10.6. The molecule has 0 bridgehead atoms. The molecule has 0 saturated carbocycles. The molecule has 11 heteroatoms. The molecule has 0 aliphatic carbocycles. The van der Waals surface area contributed by atoms with E-state index in [9.17, 15) is 13.2 Å². The third kappa shape index (κ3) is 6.51. The SMILES string of the molecule is CCOCC1CN(Cc2csc(C)n2)Cc2cnn(CC)c21.O=C(O)C(F)(F)F. The van der Waals surface area contributed by atoms with E-state index in [1.54, 1.807) is 11.3 Å². The van der Waals surface area contributed by atoms with Gasteiger partial charge in [-0.15, -0.1) is 11.3 Å². The summed E-state index contributed by atoms with van der Waals surface area (Å²) in [5.41, 5.74) is 3.87. The molecule has 3 rings (SSSR count). The minimum Gasteiger partial charge on any atom is -0.475 e. The Labute approximate surface area is 171 Å². The fraction of sp³-hybridized carbons (Fsp3) is 0.611. The molecule has 1 aliphatic heterocycles. The molecule has 0 amide bonds. The van der Waals surface area contributed by atoms with Gasteiger partial charge in [0.25, 0.3) is 0 Å². The lowest BCUT2D eigenvalue weighted by molar-refractivity contribution is -0.192. The number of ether oxygens (including phenoxy) is 1. The van der Waals surface area contributed by atoms with Crippen molar-refractivity contribution in [3.63, 3.8) is 0 Å². The van der Waals surface area contributed by atoms with Crippen LogP contribution in [0.25, 0.3) is 0 Å². The van der Waals surface area contributed by atoms with E-state index < -0.39 is 12.1 Å². The van der Waals surface area contributed by atoms with Gasteiger partial charge in [0.1, 0.15) is 0 Å². The number of carbonyl (C=O) groups is 1. The van der Waals surface area contributed by atoms with Crippen molar-refractivity contribution in [1.82, 2.24) is 19.7 Å². The molecule has 0 radical (unpaired) electrons. The Morgan fingerprint density at radius 2 is 2.10 bits per heavy atom. The number of hydrogen-bond donors (Lipinski definition) is 1. The van der Waals surface area contributed by atoms with Crippen molar-refractivity contribution < 1.29 is 27.8 Å². The van der Waals surface area contributed by atoms with Gasteiger partial charge in [-0.3, -0.25) is 9.58 Å². The normalized spacial score (nSPS) is 16.8. The molecule has 1 N–H and O–H groups in total. The predicted molar refractivity (Wildman–Crippen MR) is 102 cm³/mol. The van der Waals surface area contributed by atoms with Gasteiger partial charge in [-0.2, -0.15) is 18.3 Å². The van der Waals surface area contributed by atoms with E-state index in [0.29, 0.717) is 5.92 Å². The topological polar surface area (TPSA) is 80.5 Å². The van der Waals surface area contributed by atoms with Gasteiger partial charge in [-0.25, -0.2) is 9.78 Å². The number of alkyl halides is 3. The van der Waals surface area contributed by atoms with Crippen LogP contribution in [-0.2, 0) is 29.2 Å². The van der Waals surface area contributed by atoms with Crippen molar-refractivity contribution in [1.29, 1.82) is 0 Å². The highest BCUT2D eigenvalue weighted by Crippen LogP contribution is 2.29. The summed E-state index contributed by atoms with van der Waals surface area (Å²) in [5, 5.41) is 15.0. The second-order valence-corrected chi connectivity index (χ2v) is 7.62. The summed E-state index contributed by atoms with van der Waals surface area (Å²) in [6.45, 7) is 11.6. The van der Waals surface area contributed by atoms with Crippen molar-refractivity contribution in [3.8, 4) is 0 Å². The van der Waals surface area contributed by atoms with E-state index >= 15 is 0 Å². The summed E-state index contributed by atoms with van der Waals surface area (Å²) < 4.78 is 39.6. The first-order valence-electron chi connectivity index (χ1n) is 9.21. The lowest BCUT2D eigenvalue weighted by Gasteiger charge is -2.32. The Morgan fingerprint density at radius 3 is 2.62 bits per heavy atom. The summed E-state index contributed by atoms with van der Waals surface area (Å²) in [6.07, 6.45) is -3.06. The maximum atomic E-state index is 10.6. The summed E-state index contributed by atoms with van der Waals surface area (Å²) >= 11 is 1.72. The summed E-state index contributed by atoms with van der Waals surface area (Å²) in [6, 6.07) is 0. The lowest BCUT2D eigenvalue weighted by Crippen LogP contribution is -2.36. The smallest absolute Gasteiger partial charge is 0.475 e. The van der Waals surface area contributed by atoms with Crippen LogP contribution in [0.1, 0.15) is 41.7 Å². The van der Waals surface area contributed by atoms with Crippen LogP contribution in [0.2, 0.25) is 0 Å². The second-order valence-electron chi connectivity index (χ2n) is 6.56. The number of thiazole rings is 1. The van der Waals surface area contributed by atoms with Crippen molar-refractivity contribution in [2.45, 2.75) is 52.5 Å². The Bertz CT molecular complexity index is 807. The Balaban J connectivity index is 0.000000370. The van der Waals surface area contributed by atoms with Crippen LogP contribution in [-0.4, -0.2) is 56.7 Å². The molecule has 0 spiro atoms. The molecule has 1 aliphatic rings. The monoisotopic (exact) mass is 434 g/mol. The highest BCUT2D eigenvalue weighted by molar-refractivity contribution is 7.09. The fourth-order valence-corrected chi connectivity index (χ4v) is 3.81. The van der Waals surface area contributed by atoms with Gasteiger partial charge in [0.05, 0.1) is 23.5 Å². The van der Waals surface area contributed by atoms with Crippen molar-refractivity contribution in [2.75, 3.05) is 19.8 Å². The molecular weight excluding hydrogens is 409 g/mol. The number of halogens is 3. The van der Waals surface area contributed by atoms with E-state index in [4.69, 9.17) is 14.6 Å². The first kappa shape index (κ1) is 23.3. The van der Waals surface area contributed by atoms with Gasteiger partial charge >= 0.3 is 12.1 Å². The third-order valence-electron chi connectivity index (χ3n) is 4.34. The molecule has 0 saturated heterocycles. The molecular formula is C18H25F3N4O3S. The first-order valence-corrected chi connectivity index (χ1v) is 10.1. The Kier molecular flexibility index (Phi) is 8.17. The molecule has 162 valence electrons. The quantitative estimate of drug-likeness (QED) is 0.750. The average molecular weight is 434 g/mol. The van der Waals surface area contributed by atoms with Gasteiger partial charge in [0.15, 0.2) is 0 Å². The number of carboxylic acid groups (broad SMARTS) is 1. The molecule has 7 nitrogen and oxygen atoms in total. The zero-order valence-corrected chi connectivity index (χ0v) is 17.4. The largest absolute Gasteiger partial charge is 0.490 e. The van der Waals surface area contributed by atoms with Crippen LogP contribution >= 0.6 is 11.3 Å². The zero-order valence-electron chi connectivity index (χ0n) is 16.6. The molecule has 2 aromatic rings. The number of carboxylic acids is 1. The highest BCUT2D eigenvalue weighted by atomic mass is 32.1. The van der Waals surface area contributed by atoms with E-state index in [2.05, 4.69) is 45.8 Å². The van der Waals surface area contributed by atoms with E-state index in [-0.39, 0.29) is 0 Å². The van der Waals surface area contributed by atoms with Crippen LogP contribution in [0, 0.1) is 6.92 Å². The van der Waals surface area contributed by atoms with Gasteiger partial charge in [-0.05, 0) is 20.8 Å². The standard InChI is InChI=1S/C16H24N4OS.C2HF3O2/c1-4-20-16-13(6-17-20)7-19(8-14(16)10-21-5-2)9-15-11-22-12(3)18-15;3-2(4,5)1(6)7/h6,11,14H,4-5,7-10H2,1-3H3;(H,6,7). The van der Waals surface area contributed by atoms with Gasteiger partial charge < -0.3 is 9.84 Å². The fourth-order valence-electron chi connectivity index (χ4n) is 3.21. The Morgan fingerprint density at radius 1 is 1.41 bits per heavy atom. The first-order chi connectivity index (χ1) is 13.7. The minimum absolute atomic E-state index is 0.394. The van der Waals surface area contributed by atoms with Gasteiger partial charge in [-0.1, -0.05) is 0 Å². The maximum Gasteiger partial charge on any atom is 0.490 e. The van der Waals surface area contributed by atoms with E-state index in [0.717, 1.165) is 44.4 Å². The Hall–Kier alpha value is -1.98. The number of hydrogen-bond acceptors (Lipinski definition) is 6. The predicted octanol–water partition coefficient (Wildman–Crippen LogP) is 3.44. The van der Waals surface area contributed by atoms with Crippen LogP contribution in [0.4, 0.5) is 13.2 Å². The molecule has 0 fully saturated rings. The summed E-state index contributed by atoms with van der Waals surface area (Å²) in [7, 11) is 0. The number of rotatable bonds is 6. The van der Waals surface area contributed by atoms with Crippen LogP contribution in [0.15, 0.2) is 11.6 Å². The highest BCUT2D eigenvalue weighted by Gasteiger charge is 2.38. The molecule has 2 aromatic heterocycles. The molecule has 29 heavy (non-hydrogen) atoms. The minimum atomic E-state index is -5.08. The van der Waals surface area contributed by atoms with Crippen molar-refractivity contribution >= 4 is 17.3 Å². The van der Waals surface area contributed by atoms with E-state index in [1.807, 2.05) is 6.20 Å². The number of nitrogens with zero attached hydrogens (tertiary/aromatic N) is 4. The molecule has 1 unspecified atom stereocenters. The van der Waals surface area contributed by atoms with Gasteiger partial charge in [0.2, 0.25) is 0 Å². The molecule has 3 heterocycles. The summed E-state index contributed by atoms with van der Waals surface area (Å²) in [4.78, 5) is 16.0. The lowest BCUT2D eigenvalue weighted by atomic mass is 9.96. The van der Waals surface area contributed by atoms with E-state index in [1.165, 1.54) is 17.0 Å². The number of aromatic nitrogens is 3. The molecule has 1 atom stereocenters. The van der Waals surface area contributed by atoms with Gasteiger partial charge in [0, 0.05) is 55.3 Å². The van der Waals surface area contributed by atoms with Crippen LogP contribution < -0.4 is 0 Å². The number of fused-ring (bicyclic) bond motifs is 1. The molecule has 0 aromatic carbocycles. The number of aliphatic carboxylic acids is 1. The third-order valence-corrected chi connectivity index (χ3v) is 5.16. The van der Waals surface area contributed by atoms with Crippen LogP contribution in [0.5, 0.6) is 0 Å². The zero-order chi connectivity index (χ0) is 21.6. The average Bonchev–Trinajstić information content (AvgIpc) is 3.25. The number of aryl methyl sites for hydroxylation is 2. The summed E-state index contributed by atoms with van der Waals surface area (Å²) in [5.74, 6) is -2.36. The van der Waals surface area contributed by atoms with Crippen molar-refractivity contribution in [3.05, 3.63) is 33.5 Å². The van der Waals surface area contributed by atoms with Crippen LogP contribution in [0.3, 0.4) is 0 Å².